The normalized spacial score (nSPS) is 19.1. The standard InChI is InChI=1S/C12H20N2OS/c1-9(15)6-13-7-11-8-14-12(16-11)10-4-2-3-5-10/h8-10,13,15H,2-7H2,1H3. The van der Waals surface area contributed by atoms with Crippen molar-refractivity contribution in [2.24, 2.45) is 0 Å². The van der Waals surface area contributed by atoms with Gasteiger partial charge in [0.05, 0.1) is 11.1 Å². The zero-order chi connectivity index (χ0) is 11.4. The summed E-state index contributed by atoms with van der Waals surface area (Å²) >= 11 is 1.83. The first-order chi connectivity index (χ1) is 7.75. The molecular weight excluding hydrogens is 220 g/mol. The molecule has 2 rings (SSSR count). The molecular formula is C12H20N2OS. The second-order valence-electron chi connectivity index (χ2n) is 4.63. The van der Waals surface area contributed by atoms with E-state index in [9.17, 15) is 0 Å². The minimum atomic E-state index is -0.276. The van der Waals surface area contributed by atoms with Gasteiger partial charge < -0.3 is 10.4 Å². The van der Waals surface area contributed by atoms with Crippen molar-refractivity contribution in [3.05, 3.63) is 16.1 Å². The lowest BCUT2D eigenvalue weighted by atomic mass is 10.1. The molecule has 1 atom stereocenters. The van der Waals surface area contributed by atoms with Crippen LogP contribution in [0, 0.1) is 0 Å². The Hall–Kier alpha value is -0.450. The van der Waals surface area contributed by atoms with Crippen molar-refractivity contribution < 1.29 is 5.11 Å². The minimum absolute atomic E-state index is 0.276. The molecule has 1 aromatic heterocycles. The molecule has 0 aromatic carbocycles. The number of aliphatic hydroxyl groups excluding tert-OH is 1. The highest BCUT2D eigenvalue weighted by Crippen LogP contribution is 2.35. The fourth-order valence-corrected chi connectivity index (χ4v) is 3.23. The van der Waals surface area contributed by atoms with Crippen molar-refractivity contribution in [3.8, 4) is 0 Å². The SMILES string of the molecule is CC(O)CNCc1cnc(C2CCCC2)s1. The maximum Gasteiger partial charge on any atom is 0.0959 e. The number of hydrogen-bond acceptors (Lipinski definition) is 4. The molecule has 1 heterocycles. The Bertz CT molecular complexity index is 319. The predicted octanol–water partition coefficient (Wildman–Crippen LogP) is 2.27. The number of aromatic nitrogens is 1. The molecule has 1 aromatic rings. The quantitative estimate of drug-likeness (QED) is 0.830. The Morgan fingerprint density at radius 2 is 2.31 bits per heavy atom. The summed E-state index contributed by atoms with van der Waals surface area (Å²) in [6.07, 6.45) is 7.05. The largest absolute Gasteiger partial charge is 0.392 e. The summed E-state index contributed by atoms with van der Waals surface area (Å²) in [5.74, 6) is 0.718. The maximum absolute atomic E-state index is 9.13. The van der Waals surface area contributed by atoms with E-state index in [0.29, 0.717) is 6.54 Å². The Balaban J connectivity index is 1.82. The summed E-state index contributed by atoms with van der Waals surface area (Å²) in [5, 5.41) is 13.7. The molecule has 1 aliphatic carbocycles. The van der Waals surface area contributed by atoms with E-state index in [1.807, 2.05) is 17.5 Å². The molecule has 0 amide bonds. The van der Waals surface area contributed by atoms with Crippen molar-refractivity contribution in [2.75, 3.05) is 6.54 Å². The average molecular weight is 240 g/mol. The summed E-state index contributed by atoms with van der Waals surface area (Å²) < 4.78 is 0. The van der Waals surface area contributed by atoms with Gasteiger partial charge in [0, 0.05) is 30.1 Å². The molecule has 0 bridgehead atoms. The zero-order valence-corrected chi connectivity index (χ0v) is 10.6. The lowest BCUT2D eigenvalue weighted by Crippen LogP contribution is -2.23. The molecule has 1 unspecified atom stereocenters. The van der Waals surface area contributed by atoms with Gasteiger partial charge in [0.15, 0.2) is 0 Å². The van der Waals surface area contributed by atoms with Crippen molar-refractivity contribution in [1.29, 1.82) is 0 Å². The van der Waals surface area contributed by atoms with Crippen molar-refractivity contribution >= 4 is 11.3 Å². The van der Waals surface area contributed by atoms with Crippen LogP contribution in [0.1, 0.15) is 48.4 Å². The number of aliphatic hydroxyl groups is 1. The van der Waals surface area contributed by atoms with Crippen LogP contribution < -0.4 is 5.32 Å². The first-order valence-corrected chi connectivity index (χ1v) is 6.90. The highest BCUT2D eigenvalue weighted by atomic mass is 32.1. The van der Waals surface area contributed by atoms with Gasteiger partial charge in [-0.1, -0.05) is 12.8 Å². The fourth-order valence-electron chi connectivity index (χ4n) is 2.17. The Morgan fingerprint density at radius 3 is 3.00 bits per heavy atom. The van der Waals surface area contributed by atoms with Crippen LogP contribution in [0.25, 0.3) is 0 Å². The monoisotopic (exact) mass is 240 g/mol. The third-order valence-electron chi connectivity index (χ3n) is 3.01. The van der Waals surface area contributed by atoms with Crippen molar-refractivity contribution in [1.82, 2.24) is 10.3 Å². The second-order valence-corrected chi connectivity index (χ2v) is 5.77. The molecule has 0 aliphatic heterocycles. The zero-order valence-electron chi connectivity index (χ0n) is 9.78. The smallest absolute Gasteiger partial charge is 0.0959 e. The lowest BCUT2D eigenvalue weighted by Gasteiger charge is -2.05. The van der Waals surface area contributed by atoms with Gasteiger partial charge in [-0.25, -0.2) is 4.98 Å². The van der Waals surface area contributed by atoms with Crippen LogP contribution in [0.3, 0.4) is 0 Å². The van der Waals surface area contributed by atoms with E-state index in [4.69, 9.17) is 5.11 Å². The Kier molecular flexibility index (Phi) is 4.32. The van der Waals surface area contributed by atoms with Gasteiger partial charge in [-0.2, -0.15) is 0 Å². The average Bonchev–Trinajstić information content (AvgIpc) is 2.85. The third-order valence-corrected chi connectivity index (χ3v) is 4.17. The summed E-state index contributed by atoms with van der Waals surface area (Å²) in [5.41, 5.74) is 0. The topological polar surface area (TPSA) is 45.1 Å². The van der Waals surface area contributed by atoms with Gasteiger partial charge in [0.1, 0.15) is 0 Å². The van der Waals surface area contributed by atoms with Gasteiger partial charge in [-0.15, -0.1) is 11.3 Å². The summed E-state index contributed by atoms with van der Waals surface area (Å²) in [4.78, 5) is 5.79. The number of nitrogens with zero attached hydrogens (tertiary/aromatic N) is 1. The van der Waals surface area contributed by atoms with Gasteiger partial charge in [0.25, 0.3) is 0 Å². The second kappa shape index (κ2) is 5.75. The van der Waals surface area contributed by atoms with Crippen molar-refractivity contribution in [2.45, 2.75) is 51.2 Å². The van der Waals surface area contributed by atoms with Crippen LogP contribution in [0.2, 0.25) is 0 Å². The van der Waals surface area contributed by atoms with Gasteiger partial charge >= 0.3 is 0 Å². The van der Waals surface area contributed by atoms with Crippen molar-refractivity contribution in [3.63, 3.8) is 0 Å². The van der Waals surface area contributed by atoms with E-state index < -0.39 is 0 Å². The molecule has 3 nitrogen and oxygen atoms in total. The van der Waals surface area contributed by atoms with Gasteiger partial charge in [0.2, 0.25) is 0 Å². The maximum atomic E-state index is 9.13. The molecule has 1 fully saturated rings. The Morgan fingerprint density at radius 1 is 1.56 bits per heavy atom. The molecule has 0 spiro atoms. The fraction of sp³-hybridized carbons (Fsp3) is 0.750. The van der Waals surface area contributed by atoms with Crippen LogP contribution in [-0.4, -0.2) is 22.7 Å². The molecule has 0 saturated heterocycles. The first-order valence-electron chi connectivity index (χ1n) is 6.09. The van der Waals surface area contributed by atoms with Crippen LogP contribution in [0.4, 0.5) is 0 Å². The predicted molar refractivity (Wildman–Crippen MR) is 66.7 cm³/mol. The molecule has 2 N–H and O–H groups in total. The number of rotatable bonds is 5. The molecule has 0 radical (unpaired) electrons. The highest BCUT2D eigenvalue weighted by Gasteiger charge is 2.19. The van der Waals surface area contributed by atoms with E-state index >= 15 is 0 Å². The Labute approximate surface area is 101 Å². The van der Waals surface area contributed by atoms with Crippen LogP contribution in [0.15, 0.2) is 6.20 Å². The third kappa shape index (κ3) is 3.27. The molecule has 1 saturated carbocycles. The minimum Gasteiger partial charge on any atom is -0.392 e. The van der Waals surface area contributed by atoms with E-state index in [1.165, 1.54) is 35.6 Å². The number of hydrogen-bond donors (Lipinski definition) is 2. The summed E-state index contributed by atoms with van der Waals surface area (Å²) in [7, 11) is 0. The first kappa shape index (κ1) is 12.0. The van der Waals surface area contributed by atoms with E-state index in [1.54, 1.807) is 6.92 Å². The van der Waals surface area contributed by atoms with E-state index in [-0.39, 0.29) is 6.10 Å². The molecule has 16 heavy (non-hydrogen) atoms. The summed E-state index contributed by atoms with van der Waals surface area (Å²) in [6.45, 7) is 3.27. The molecule has 1 aliphatic rings. The number of thiazole rings is 1. The van der Waals surface area contributed by atoms with E-state index in [2.05, 4.69) is 10.3 Å². The number of nitrogens with one attached hydrogen (secondary N) is 1. The van der Waals surface area contributed by atoms with Crippen LogP contribution >= 0.6 is 11.3 Å². The van der Waals surface area contributed by atoms with Crippen LogP contribution in [0.5, 0.6) is 0 Å². The summed E-state index contributed by atoms with van der Waals surface area (Å²) in [6, 6.07) is 0. The molecule has 90 valence electrons. The van der Waals surface area contributed by atoms with E-state index in [0.717, 1.165) is 12.5 Å². The highest BCUT2D eigenvalue weighted by molar-refractivity contribution is 7.11. The van der Waals surface area contributed by atoms with Gasteiger partial charge in [-0.3, -0.25) is 0 Å². The lowest BCUT2D eigenvalue weighted by molar-refractivity contribution is 0.191. The van der Waals surface area contributed by atoms with Crippen LogP contribution in [-0.2, 0) is 6.54 Å². The molecule has 4 heteroatoms. The van der Waals surface area contributed by atoms with Gasteiger partial charge in [-0.05, 0) is 19.8 Å².